The standard InChI is InChI=1S/C13H8F3NO3/c1-17-5-7(4-10(17)13(19)20)12(18)6-2-8(14)11(16)9(15)3-6/h2-5H,1H3,(H,19,20). The van der Waals surface area contributed by atoms with Crippen LogP contribution in [0.1, 0.15) is 26.4 Å². The van der Waals surface area contributed by atoms with Gasteiger partial charge in [0, 0.05) is 24.4 Å². The van der Waals surface area contributed by atoms with Crippen molar-refractivity contribution in [2.45, 2.75) is 0 Å². The van der Waals surface area contributed by atoms with Crippen LogP contribution in [0.15, 0.2) is 24.4 Å². The van der Waals surface area contributed by atoms with Gasteiger partial charge in [-0.25, -0.2) is 18.0 Å². The van der Waals surface area contributed by atoms with E-state index in [-0.39, 0.29) is 11.3 Å². The molecule has 1 aromatic heterocycles. The van der Waals surface area contributed by atoms with Gasteiger partial charge >= 0.3 is 5.97 Å². The van der Waals surface area contributed by atoms with Gasteiger partial charge in [-0.2, -0.15) is 0 Å². The summed E-state index contributed by atoms with van der Waals surface area (Å²) in [7, 11) is 1.41. The van der Waals surface area contributed by atoms with E-state index in [0.717, 1.165) is 6.07 Å². The maximum absolute atomic E-state index is 13.1. The Labute approximate surface area is 111 Å². The molecular weight excluding hydrogens is 275 g/mol. The fourth-order valence-electron chi connectivity index (χ4n) is 1.75. The second-order valence-electron chi connectivity index (χ2n) is 4.11. The predicted molar refractivity (Wildman–Crippen MR) is 62.1 cm³/mol. The molecule has 0 radical (unpaired) electrons. The van der Waals surface area contributed by atoms with E-state index in [2.05, 4.69) is 0 Å². The predicted octanol–water partition coefficient (Wildman–Crippen LogP) is 2.37. The van der Waals surface area contributed by atoms with Gasteiger partial charge in [0.15, 0.2) is 23.2 Å². The number of aromatic nitrogens is 1. The van der Waals surface area contributed by atoms with Gasteiger partial charge in [0.05, 0.1) is 0 Å². The number of aryl methyl sites for hydroxylation is 1. The average Bonchev–Trinajstić information content (AvgIpc) is 2.76. The summed E-state index contributed by atoms with van der Waals surface area (Å²) in [4.78, 5) is 22.8. The molecule has 0 aliphatic heterocycles. The second-order valence-corrected chi connectivity index (χ2v) is 4.11. The number of carboxylic acids is 1. The van der Waals surface area contributed by atoms with Crippen LogP contribution in [0.25, 0.3) is 0 Å². The Balaban J connectivity index is 2.46. The zero-order valence-electron chi connectivity index (χ0n) is 10.2. The van der Waals surface area contributed by atoms with Gasteiger partial charge in [0.1, 0.15) is 5.69 Å². The fraction of sp³-hybridized carbons (Fsp3) is 0.0769. The molecule has 4 nitrogen and oxygen atoms in total. The molecule has 2 aromatic rings. The summed E-state index contributed by atoms with van der Waals surface area (Å²) in [5.74, 6) is -6.68. The quantitative estimate of drug-likeness (QED) is 0.695. The van der Waals surface area contributed by atoms with Crippen molar-refractivity contribution in [2.24, 2.45) is 7.05 Å². The topological polar surface area (TPSA) is 59.3 Å². The Bertz CT molecular complexity index is 699. The van der Waals surface area contributed by atoms with Gasteiger partial charge in [-0.05, 0) is 18.2 Å². The third-order valence-corrected chi connectivity index (χ3v) is 2.73. The van der Waals surface area contributed by atoms with E-state index in [9.17, 15) is 22.8 Å². The number of halogens is 3. The molecule has 7 heteroatoms. The molecule has 1 aromatic carbocycles. The number of carbonyl (C=O) groups excluding carboxylic acids is 1. The number of carboxylic acid groups (broad SMARTS) is 1. The van der Waals surface area contributed by atoms with Crippen LogP contribution in [0.5, 0.6) is 0 Å². The smallest absolute Gasteiger partial charge is 0.352 e. The SMILES string of the molecule is Cn1cc(C(=O)c2cc(F)c(F)c(F)c2)cc1C(=O)O. The maximum Gasteiger partial charge on any atom is 0.352 e. The Morgan fingerprint density at radius 2 is 1.60 bits per heavy atom. The van der Waals surface area contributed by atoms with Crippen molar-refractivity contribution in [3.05, 3.63) is 58.7 Å². The van der Waals surface area contributed by atoms with Gasteiger partial charge in [-0.1, -0.05) is 0 Å². The molecule has 20 heavy (non-hydrogen) atoms. The second kappa shape index (κ2) is 4.84. The van der Waals surface area contributed by atoms with E-state index in [4.69, 9.17) is 5.11 Å². The monoisotopic (exact) mass is 283 g/mol. The highest BCUT2D eigenvalue weighted by Gasteiger charge is 2.19. The Hall–Kier alpha value is -2.57. The van der Waals surface area contributed by atoms with Crippen molar-refractivity contribution in [1.82, 2.24) is 4.57 Å². The average molecular weight is 283 g/mol. The van der Waals surface area contributed by atoms with Crippen molar-refractivity contribution in [3.8, 4) is 0 Å². The fourth-order valence-corrected chi connectivity index (χ4v) is 1.75. The van der Waals surface area contributed by atoms with Gasteiger partial charge < -0.3 is 9.67 Å². The van der Waals surface area contributed by atoms with E-state index in [1.165, 1.54) is 17.8 Å². The largest absolute Gasteiger partial charge is 0.477 e. The number of carbonyl (C=O) groups is 2. The summed E-state index contributed by atoms with van der Waals surface area (Å²) in [5, 5.41) is 8.85. The molecule has 0 fully saturated rings. The molecule has 0 amide bonds. The van der Waals surface area contributed by atoms with Gasteiger partial charge in [-0.15, -0.1) is 0 Å². The van der Waals surface area contributed by atoms with Crippen molar-refractivity contribution in [2.75, 3.05) is 0 Å². The van der Waals surface area contributed by atoms with Crippen LogP contribution in [-0.2, 0) is 7.05 Å². The van der Waals surface area contributed by atoms with E-state index >= 15 is 0 Å². The minimum atomic E-state index is -1.67. The number of benzene rings is 1. The maximum atomic E-state index is 13.1. The van der Waals surface area contributed by atoms with Crippen LogP contribution >= 0.6 is 0 Å². The normalized spacial score (nSPS) is 10.6. The molecule has 0 aliphatic rings. The Morgan fingerprint density at radius 3 is 2.05 bits per heavy atom. The summed E-state index contributed by atoms with van der Waals surface area (Å²) in [5.41, 5.74) is -0.615. The number of aromatic carboxylic acids is 1. The third-order valence-electron chi connectivity index (χ3n) is 2.73. The highest BCUT2D eigenvalue weighted by molar-refractivity contribution is 6.09. The zero-order chi connectivity index (χ0) is 15.0. The van der Waals surface area contributed by atoms with E-state index in [1.54, 1.807) is 0 Å². The van der Waals surface area contributed by atoms with Crippen LogP contribution in [0, 0.1) is 17.5 Å². The van der Waals surface area contributed by atoms with E-state index in [0.29, 0.717) is 12.1 Å². The first-order valence-electron chi connectivity index (χ1n) is 5.40. The lowest BCUT2D eigenvalue weighted by Crippen LogP contribution is -2.03. The molecule has 0 unspecified atom stereocenters. The number of hydrogen-bond acceptors (Lipinski definition) is 2. The molecular formula is C13H8F3NO3. The van der Waals surface area contributed by atoms with Crippen molar-refractivity contribution in [3.63, 3.8) is 0 Å². The summed E-state index contributed by atoms with van der Waals surface area (Å²) in [6.45, 7) is 0. The molecule has 1 heterocycles. The summed E-state index contributed by atoms with van der Waals surface area (Å²) in [6, 6.07) is 2.20. The minimum absolute atomic E-state index is 0.0599. The third kappa shape index (κ3) is 2.29. The lowest BCUT2D eigenvalue weighted by atomic mass is 10.1. The molecule has 0 atom stereocenters. The highest BCUT2D eigenvalue weighted by Crippen LogP contribution is 2.18. The molecule has 0 bridgehead atoms. The molecule has 0 aliphatic carbocycles. The lowest BCUT2D eigenvalue weighted by Gasteiger charge is -2.01. The van der Waals surface area contributed by atoms with Crippen molar-refractivity contribution < 1.29 is 27.9 Å². The molecule has 2 rings (SSSR count). The number of nitrogens with zero attached hydrogens (tertiary/aromatic N) is 1. The Kier molecular flexibility index (Phi) is 3.35. The summed E-state index contributed by atoms with van der Waals surface area (Å²) < 4.78 is 40.1. The van der Waals surface area contributed by atoms with Gasteiger partial charge in [0.2, 0.25) is 0 Å². The molecule has 1 N–H and O–H groups in total. The Morgan fingerprint density at radius 1 is 1.05 bits per heavy atom. The molecule has 0 saturated heterocycles. The van der Waals surface area contributed by atoms with Crippen LogP contribution in [0.2, 0.25) is 0 Å². The summed E-state index contributed by atoms with van der Waals surface area (Å²) in [6.07, 6.45) is 1.21. The number of rotatable bonds is 3. The van der Waals surface area contributed by atoms with Crippen LogP contribution in [-0.4, -0.2) is 21.4 Å². The number of hydrogen-bond donors (Lipinski definition) is 1. The highest BCUT2D eigenvalue weighted by atomic mass is 19.2. The van der Waals surface area contributed by atoms with E-state index < -0.39 is 34.8 Å². The molecule has 104 valence electrons. The van der Waals surface area contributed by atoms with Gasteiger partial charge in [0.25, 0.3) is 0 Å². The molecule has 0 saturated carbocycles. The number of ketones is 1. The van der Waals surface area contributed by atoms with Crippen molar-refractivity contribution in [1.29, 1.82) is 0 Å². The zero-order valence-corrected chi connectivity index (χ0v) is 10.2. The van der Waals surface area contributed by atoms with E-state index in [1.807, 2.05) is 0 Å². The van der Waals surface area contributed by atoms with Crippen molar-refractivity contribution >= 4 is 11.8 Å². The first kappa shape index (κ1) is 13.9. The van der Waals surface area contributed by atoms with Gasteiger partial charge in [-0.3, -0.25) is 4.79 Å². The molecule has 0 spiro atoms. The van der Waals surface area contributed by atoms with Crippen LogP contribution < -0.4 is 0 Å². The summed E-state index contributed by atoms with van der Waals surface area (Å²) >= 11 is 0. The minimum Gasteiger partial charge on any atom is -0.477 e. The van der Waals surface area contributed by atoms with Crippen LogP contribution in [0.3, 0.4) is 0 Å². The lowest BCUT2D eigenvalue weighted by molar-refractivity contribution is 0.0686. The first-order chi connectivity index (χ1) is 9.31. The first-order valence-corrected chi connectivity index (χ1v) is 5.40. The van der Waals surface area contributed by atoms with Crippen LogP contribution in [0.4, 0.5) is 13.2 Å².